The normalized spacial score (nSPS) is 19.2. The highest BCUT2D eigenvalue weighted by Crippen LogP contribution is 2.24. The molecule has 1 aromatic carbocycles. The van der Waals surface area contributed by atoms with E-state index in [0.717, 1.165) is 25.1 Å². The van der Waals surface area contributed by atoms with Crippen LogP contribution in [0.2, 0.25) is 0 Å². The van der Waals surface area contributed by atoms with E-state index in [2.05, 4.69) is 6.92 Å². The number of likely N-dealkylation sites (tertiary alicyclic amines) is 1. The van der Waals surface area contributed by atoms with Gasteiger partial charge in [0.25, 0.3) is 5.91 Å². The Morgan fingerprint density at radius 3 is 2.73 bits per heavy atom. The number of rotatable bonds is 3. The van der Waals surface area contributed by atoms with E-state index in [1.54, 1.807) is 6.26 Å². The molecule has 0 N–H and O–H groups in total. The Kier molecular flexibility index (Phi) is 4.42. The van der Waals surface area contributed by atoms with Crippen LogP contribution >= 0.6 is 0 Å². The number of carbonyl (C=O) groups is 1. The molecule has 0 saturated carbocycles. The van der Waals surface area contributed by atoms with Crippen molar-refractivity contribution in [2.75, 3.05) is 13.1 Å². The number of amides is 1. The molecule has 114 valence electrons. The van der Waals surface area contributed by atoms with E-state index >= 15 is 0 Å². The smallest absolute Gasteiger partial charge is 0.254 e. The highest BCUT2D eigenvalue weighted by Gasteiger charge is 2.24. The molecule has 1 amide bonds. The van der Waals surface area contributed by atoms with Gasteiger partial charge in [0.2, 0.25) is 0 Å². The third-order valence-corrected chi connectivity index (χ3v) is 4.09. The SMILES string of the molecule is CC1CCCN(C(=O)/C(=C/c2ccco2)c2ccccc2)C1. The predicted molar refractivity (Wildman–Crippen MR) is 88.0 cm³/mol. The molecule has 22 heavy (non-hydrogen) atoms. The molecule has 2 aromatic rings. The molecule has 2 heterocycles. The zero-order valence-corrected chi connectivity index (χ0v) is 12.9. The van der Waals surface area contributed by atoms with E-state index < -0.39 is 0 Å². The summed E-state index contributed by atoms with van der Waals surface area (Å²) in [5, 5.41) is 0. The van der Waals surface area contributed by atoms with Crippen molar-refractivity contribution in [2.24, 2.45) is 5.92 Å². The molecular formula is C19H21NO2. The Labute approximate surface area is 131 Å². The van der Waals surface area contributed by atoms with Crippen molar-refractivity contribution in [3.63, 3.8) is 0 Å². The van der Waals surface area contributed by atoms with Crippen LogP contribution in [0.25, 0.3) is 11.6 Å². The van der Waals surface area contributed by atoms with Gasteiger partial charge in [-0.15, -0.1) is 0 Å². The van der Waals surface area contributed by atoms with Crippen LogP contribution in [0.1, 0.15) is 31.1 Å². The van der Waals surface area contributed by atoms with Crippen LogP contribution in [-0.4, -0.2) is 23.9 Å². The minimum Gasteiger partial charge on any atom is -0.465 e. The Hall–Kier alpha value is -2.29. The summed E-state index contributed by atoms with van der Waals surface area (Å²) in [4.78, 5) is 15.0. The quantitative estimate of drug-likeness (QED) is 0.799. The van der Waals surface area contributed by atoms with Crippen molar-refractivity contribution < 1.29 is 9.21 Å². The molecule has 1 aromatic heterocycles. The Balaban J connectivity index is 1.93. The standard InChI is InChI=1S/C19H21NO2/c1-15-7-5-11-20(14-15)19(21)18(13-17-10-6-12-22-17)16-8-3-2-4-9-16/h2-4,6,8-10,12-13,15H,5,7,11,14H2,1H3/b18-13+. The van der Waals surface area contributed by atoms with Gasteiger partial charge in [-0.25, -0.2) is 0 Å². The number of furan rings is 1. The van der Waals surface area contributed by atoms with Crippen molar-refractivity contribution >= 4 is 17.6 Å². The minimum atomic E-state index is 0.0918. The molecule has 3 heteroatoms. The van der Waals surface area contributed by atoms with E-state index in [9.17, 15) is 4.79 Å². The van der Waals surface area contributed by atoms with Gasteiger partial charge in [-0.3, -0.25) is 4.79 Å². The second-order valence-corrected chi connectivity index (χ2v) is 5.94. The fourth-order valence-corrected chi connectivity index (χ4v) is 2.95. The van der Waals surface area contributed by atoms with Crippen LogP contribution in [-0.2, 0) is 4.79 Å². The van der Waals surface area contributed by atoms with Crippen molar-refractivity contribution in [3.8, 4) is 0 Å². The summed E-state index contributed by atoms with van der Waals surface area (Å²) in [7, 11) is 0. The second kappa shape index (κ2) is 6.65. The first-order valence-electron chi connectivity index (χ1n) is 7.84. The van der Waals surface area contributed by atoms with Gasteiger partial charge < -0.3 is 9.32 Å². The molecule has 3 nitrogen and oxygen atoms in total. The average molecular weight is 295 g/mol. The highest BCUT2D eigenvalue weighted by molar-refractivity contribution is 6.24. The summed E-state index contributed by atoms with van der Waals surface area (Å²) >= 11 is 0. The molecular weight excluding hydrogens is 274 g/mol. The Bertz CT molecular complexity index is 643. The summed E-state index contributed by atoms with van der Waals surface area (Å²) in [6.45, 7) is 3.88. The number of hydrogen-bond donors (Lipinski definition) is 0. The van der Waals surface area contributed by atoms with Crippen molar-refractivity contribution in [2.45, 2.75) is 19.8 Å². The van der Waals surface area contributed by atoms with Gasteiger partial charge in [0.1, 0.15) is 5.76 Å². The molecule has 0 spiro atoms. The van der Waals surface area contributed by atoms with Gasteiger partial charge >= 0.3 is 0 Å². The first kappa shape index (κ1) is 14.6. The van der Waals surface area contributed by atoms with Gasteiger partial charge in [-0.05, 0) is 42.5 Å². The Morgan fingerprint density at radius 2 is 2.05 bits per heavy atom. The summed E-state index contributed by atoms with van der Waals surface area (Å²) in [5.74, 6) is 1.37. The average Bonchev–Trinajstić information content (AvgIpc) is 3.06. The minimum absolute atomic E-state index is 0.0918. The van der Waals surface area contributed by atoms with Crippen LogP contribution in [0.15, 0.2) is 53.1 Å². The highest BCUT2D eigenvalue weighted by atomic mass is 16.3. The lowest BCUT2D eigenvalue weighted by molar-refractivity contribution is -0.126. The fourth-order valence-electron chi connectivity index (χ4n) is 2.95. The maximum absolute atomic E-state index is 13.0. The summed E-state index contributed by atoms with van der Waals surface area (Å²) < 4.78 is 5.40. The zero-order chi connectivity index (χ0) is 15.4. The van der Waals surface area contributed by atoms with Crippen molar-refractivity contribution in [3.05, 3.63) is 60.1 Å². The first-order chi connectivity index (χ1) is 10.7. The lowest BCUT2D eigenvalue weighted by Crippen LogP contribution is -2.39. The molecule has 0 radical (unpaired) electrons. The molecule has 0 bridgehead atoms. The summed E-state index contributed by atoms with van der Waals surface area (Å²) in [5.41, 5.74) is 1.63. The second-order valence-electron chi connectivity index (χ2n) is 5.94. The summed E-state index contributed by atoms with van der Waals surface area (Å²) in [6, 6.07) is 13.5. The van der Waals surface area contributed by atoms with Crippen LogP contribution < -0.4 is 0 Å². The molecule has 1 atom stereocenters. The number of benzene rings is 1. The number of piperidine rings is 1. The Morgan fingerprint density at radius 1 is 1.23 bits per heavy atom. The van der Waals surface area contributed by atoms with Crippen LogP contribution in [0.4, 0.5) is 0 Å². The van der Waals surface area contributed by atoms with Gasteiger partial charge in [0, 0.05) is 13.1 Å². The van der Waals surface area contributed by atoms with Gasteiger partial charge in [0.15, 0.2) is 0 Å². The van der Waals surface area contributed by atoms with Gasteiger partial charge in [-0.2, -0.15) is 0 Å². The topological polar surface area (TPSA) is 33.5 Å². The van der Waals surface area contributed by atoms with Crippen LogP contribution in [0.5, 0.6) is 0 Å². The lowest BCUT2D eigenvalue weighted by atomic mass is 9.97. The largest absolute Gasteiger partial charge is 0.465 e. The molecule has 3 rings (SSSR count). The number of carbonyl (C=O) groups excluding carboxylic acids is 1. The molecule has 0 aliphatic carbocycles. The molecule has 1 saturated heterocycles. The first-order valence-corrected chi connectivity index (χ1v) is 7.84. The molecule has 1 unspecified atom stereocenters. The van der Waals surface area contributed by atoms with Crippen molar-refractivity contribution in [1.29, 1.82) is 0 Å². The zero-order valence-electron chi connectivity index (χ0n) is 12.9. The van der Waals surface area contributed by atoms with E-state index in [0.29, 0.717) is 17.3 Å². The van der Waals surface area contributed by atoms with Crippen LogP contribution in [0.3, 0.4) is 0 Å². The fraction of sp³-hybridized carbons (Fsp3) is 0.316. The van der Waals surface area contributed by atoms with E-state index in [1.165, 1.54) is 6.42 Å². The number of hydrogen-bond acceptors (Lipinski definition) is 2. The molecule has 1 aliphatic rings. The predicted octanol–water partition coefficient (Wildman–Crippen LogP) is 4.08. The molecule has 1 aliphatic heterocycles. The van der Waals surface area contributed by atoms with E-state index in [4.69, 9.17) is 4.42 Å². The monoisotopic (exact) mass is 295 g/mol. The number of nitrogens with zero attached hydrogens (tertiary/aromatic N) is 1. The van der Waals surface area contributed by atoms with Gasteiger partial charge in [-0.1, -0.05) is 37.3 Å². The lowest BCUT2D eigenvalue weighted by Gasteiger charge is -2.31. The third-order valence-electron chi connectivity index (χ3n) is 4.09. The molecule has 1 fully saturated rings. The maximum Gasteiger partial charge on any atom is 0.254 e. The van der Waals surface area contributed by atoms with Gasteiger partial charge in [0.05, 0.1) is 11.8 Å². The van der Waals surface area contributed by atoms with Crippen molar-refractivity contribution in [1.82, 2.24) is 4.90 Å². The van der Waals surface area contributed by atoms with E-state index in [-0.39, 0.29) is 5.91 Å². The third kappa shape index (κ3) is 3.30. The van der Waals surface area contributed by atoms with Crippen LogP contribution in [0, 0.1) is 5.92 Å². The summed E-state index contributed by atoms with van der Waals surface area (Å²) in [6.07, 6.45) is 5.75. The maximum atomic E-state index is 13.0. The van der Waals surface area contributed by atoms with E-state index in [1.807, 2.05) is 53.4 Å².